The number of amides is 1. The maximum atomic E-state index is 14.6. The van der Waals surface area contributed by atoms with Gasteiger partial charge in [0.2, 0.25) is 12.1 Å². The first-order valence-corrected chi connectivity index (χ1v) is 24.4. The van der Waals surface area contributed by atoms with Gasteiger partial charge >= 0.3 is 23.6 Å². The number of ether oxygens (including phenoxy) is 3. The van der Waals surface area contributed by atoms with Crippen LogP contribution in [-0.4, -0.2) is 75.1 Å². The normalized spacial score (nSPS) is 17.7. The molecule has 1 aliphatic rings. The molecular formula is C49H81F2N3O9. The van der Waals surface area contributed by atoms with Crippen LogP contribution in [0.15, 0.2) is 41.4 Å². The highest BCUT2D eigenvalue weighted by Crippen LogP contribution is 2.42. The first-order chi connectivity index (χ1) is 30.5. The van der Waals surface area contributed by atoms with E-state index in [2.05, 4.69) is 48.5 Å². The third kappa shape index (κ3) is 25.0. The van der Waals surface area contributed by atoms with Crippen LogP contribution in [0, 0.1) is 0 Å². The third-order valence-electron chi connectivity index (χ3n) is 11.3. The van der Waals surface area contributed by atoms with Crippen molar-refractivity contribution < 1.29 is 47.6 Å². The molecule has 1 fully saturated rings. The van der Waals surface area contributed by atoms with Gasteiger partial charge < -0.3 is 29.7 Å². The standard InChI is InChI=1S/C49H81F2N3O9/c1-3-5-7-9-11-13-15-17-19-21-23-25-27-29-31-33-44(57)61-39-40(62-45(58)34-32-30-28-26-24-22-20-18-16-14-12-10-8-6-4-2)37-43(56)52-42-35-36-54(48(60)53-42)47-49(50,51)46(59)41(38-55)63-47/h17-20,35-36,40-41,46-47,55,59H,3-16,21-34,37-39H2,1-2H3,(H,52,53,56,60). The van der Waals surface area contributed by atoms with Gasteiger partial charge in [0.25, 0.3) is 0 Å². The predicted molar refractivity (Wildman–Crippen MR) is 243 cm³/mol. The number of unbranched alkanes of at least 4 members (excludes halogenated alkanes) is 22. The number of carbonyl (C=O) groups is 3. The zero-order valence-electron chi connectivity index (χ0n) is 38.6. The number of rotatable bonds is 38. The number of nitrogens with one attached hydrogen (secondary N) is 1. The second-order valence-corrected chi connectivity index (χ2v) is 17.0. The van der Waals surface area contributed by atoms with Gasteiger partial charge in [0.15, 0.2) is 6.10 Å². The maximum absolute atomic E-state index is 14.6. The van der Waals surface area contributed by atoms with E-state index in [0.717, 1.165) is 89.3 Å². The number of alkyl halides is 2. The van der Waals surface area contributed by atoms with Crippen molar-refractivity contribution in [1.82, 2.24) is 9.55 Å². The number of nitrogens with zero attached hydrogens (tertiary/aromatic N) is 2. The molecule has 0 aromatic carbocycles. The van der Waals surface area contributed by atoms with Crippen LogP contribution in [0.5, 0.6) is 0 Å². The van der Waals surface area contributed by atoms with E-state index in [9.17, 15) is 38.2 Å². The third-order valence-corrected chi connectivity index (χ3v) is 11.3. The van der Waals surface area contributed by atoms with E-state index in [-0.39, 0.29) is 25.3 Å². The molecular weight excluding hydrogens is 813 g/mol. The van der Waals surface area contributed by atoms with Crippen molar-refractivity contribution in [3.05, 3.63) is 47.1 Å². The number of allylic oxidation sites excluding steroid dienone is 4. The highest BCUT2D eigenvalue weighted by atomic mass is 19.3. The minimum absolute atomic E-state index is 0.138. The molecule has 4 unspecified atom stereocenters. The SMILES string of the molecule is CCCCCCCCC=CCCCCCCCC(=O)OCC(CC(=O)Nc1ccn(C2OC(CO)C(O)C2(F)F)c(=O)n1)OC(=O)CCCCCCCC=CCCCCCCCC. The fourth-order valence-electron chi connectivity index (χ4n) is 7.50. The summed E-state index contributed by atoms with van der Waals surface area (Å²) in [5.74, 6) is -5.87. The van der Waals surface area contributed by atoms with Gasteiger partial charge in [0.05, 0.1) is 13.0 Å². The van der Waals surface area contributed by atoms with Gasteiger partial charge in [-0.15, -0.1) is 0 Å². The van der Waals surface area contributed by atoms with Crippen molar-refractivity contribution in [2.45, 2.75) is 231 Å². The number of halogens is 2. The summed E-state index contributed by atoms with van der Waals surface area (Å²) in [6.07, 6.45) is 32.0. The van der Waals surface area contributed by atoms with Crippen LogP contribution in [0.25, 0.3) is 0 Å². The first kappa shape index (κ1) is 55.6. The van der Waals surface area contributed by atoms with Crippen molar-refractivity contribution in [1.29, 1.82) is 0 Å². The Hall–Kier alpha value is -3.49. The van der Waals surface area contributed by atoms with Gasteiger partial charge in [-0.3, -0.25) is 19.0 Å². The Morgan fingerprint density at radius 3 is 1.68 bits per heavy atom. The average molecular weight is 894 g/mol. The number of anilines is 1. The molecule has 0 aliphatic carbocycles. The summed E-state index contributed by atoms with van der Waals surface area (Å²) < 4.78 is 45.8. The molecule has 1 amide bonds. The fraction of sp³-hybridized carbons (Fsp3) is 0.776. The molecule has 1 aromatic rings. The lowest BCUT2D eigenvalue weighted by atomic mass is 10.1. The van der Waals surface area contributed by atoms with Gasteiger partial charge in [-0.1, -0.05) is 141 Å². The van der Waals surface area contributed by atoms with Crippen LogP contribution in [0.3, 0.4) is 0 Å². The summed E-state index contributed by atoms with van der Waals surface area (Å²) in [7, 11) is 0. The average Bonchev–Trinajstić information content (AvgIpc) is 3.49. The largest absolute Gasteiger partial charge is 0.462 e. The molecule has 1 saturated heterocycles. The first-order valence-electron chi connectivity index (χ1n) is 24.4. The van der Waals surface area contributed by atoms with Gasteiger partial charge in [-0.2, -0.15) is 13.8 Å². The summed E-state index contributed by atoms with van der Waals surface area (Å²) in [5, 5.41) is 21.5. The number of hydrogen-bond acceptors (Lipinski definition) is 10. The quantitative estimate of drug-likeness (QED) is 0.0330. The second kappa shape index (κ2) is 34.9. The smallest absolute Gasteiger partial charge is 0.351 e. The zero-order valence-corrected chi connectivity index (χ0v) is 38.6. The van der Waals surface area contributed by atoms with Crippen LogP contribution in [0.4, 0.5) is 14.6 Å². The highest BCUT2D eigenvalue weighted by molar-refractivity contribution is 5.90. The molecule has 2 heterocycles. The Bertz CT molecular complexity index is 1500. The summed E-state index contributed by atoms with van der Waals surface area (Å²) in [6.45, 7) is 3.23. The second-order valence-electron chi connectivity index (χ2n) is 17.0. The monoisotopic (exact) mass is 894 g/mol. The minimum atomic E-state index is -3.90. The molecule has 1 aromatic heterocycles. The van der Waals surface area contributed by atoms with Crippen molar-refractivity contribution in [2.75, 3.05) is 18.5 Å². The Morgan fingerprint density at radius 1 is 0.762 bits per heavy atom. The zero-order chi connectivity index (χ0) is 46.0. The van der Waals surface area contributed by atoms with E-state index >= 15 is 0 Å². The Balaban J connectivity index is 1.79. The minimum Gasteiger partial charge on any atom is -0.462 e. The predicted octanol–water partition coefficient (Wildman–Crippen LogP) is 11.0. The van der Waals surface area contributed by atoms with E-state index in [4.69, 9.17) is 14.2 Å². The van der Waals surface area contributed by atoms with Crippen LogP contribution < -0.4 is 11.0 Å². The van der Waals surface area contributed by atoms with Gasteiger partial charge in [0.1, 0.15) is 24.6 Å². The molecule has 63 heavy (non-hydrogen) atoms. The molecule has 3 N–H and O–H groups in total. The van der Waals surface area contributed by atoms with Crippen LogP contribution in [0.1, 0.15) is 206 Å². The van der Waals surface area contributed by atoms with E-state index in [1.807, 2.05) is 0 Å². The summed E-state index contributed by atoms with van der Waals surface area (Å²) >= 11 is 0. The number of carbonyl (C=O) groups excluding carboxylic acids is 3. The molecule has 12 nitrogen and oxygen atoms in total. The fourth-order valence-corrected chi connectivity index (χ4v) is 7.50. The lowest BCUT2D eigenvalue weighted by Gasteiger charge is -2.21. The Morgan fingerprint density at radius 2 is 1.22 bits per heavy atom. The van der Waals surface area contributed by atoms with Crippen LogP contribution >= 0.6 is 0 Å². The molecule has 1 aliphatic heterocycles. The molecule has 0 saturated carbocycles. The van der Waals surface area contributed by atoms with Crippen molar-refractivity contribution in [3.8, 4) is 0 Å². The number of aliphatic hydroxyl groups excluding tert-OH is 2. The topological polar surface area (TPSA) is 166 Å². The lowest BCUT2D eigenvalue weighted by molar-refractivity contribution is -0.160. The van der Waals surface area contributed by atoms with Crippen molar-refractivity contribution >= 4 is 23.7 Å². The maximum Gasteiger partial charge on any atom is 0.351 e. The lowest BCUT2D eigenvalue weighted by Crippen LogP contribution is -2.41. The van der Waals surface area contributed by atoms with Crippen molar-refractivity contribution in [2.24, 2.45) is 0 Å². The van der Waals surface area contributed by atoms with Gasteiger partial charge in [0, 0.05) is 19.0 Å². The van der Waals surface area contributed by atoms with E-state index in [0.29, 0.717) is 17.4 Å². The molecule has 4 atom stereocenters. The molecule has 0 bridgehead atoms. The Labute approximate surface area is 376 Å². The molecule has 0 radical (unpaired) electrons. The number of hydrogen-bond donors (Lipinski definition) is 3. The van der Waals surface area contributed by atoms with E-state index < -0.39 is 67.0 Å². The molecule has 0 spiro atoms. The summed E-state index contributed by atoms with van der Waals surface area (Å²) in [4.78, 5) is 54.9. The van der Waals surface area contributed by atoms with Crippen LogP contribution in [-0.2, 0) is 28.6 Å². The number of aliphatic hydroxyl groups is 2. The van der Waals surface area contributed by atoms with Gasteiger partial charge in [-0.25, -0.2) is 4.79 Å². The molecule has 2 rings (SSSR count). The Kier molecular flexibility index (Phi) is 30.8. The summed E-state index contributed by atoms with van der Waals surface area (Å²) in [5.41, 5.74) is -1.20. The number of aromatic nitrogens is 2. The number of esters is 2. The van der Waals surface area contributed by atoms with E-state index in [1.165, 1.54) is 77.0 Å². The van der Waals surface area contributed by atoms with Crippen LogP contribution in [0.2, 0.25) is 0 Å². The molecule has 14 heteroatoms. The summed E-state index contributed by atoms with van der Waals surface area (Å²) in [6, 6.07) is 1.10. The molecule has 360 valence electrons. The van der Waals surface area contributed by atoms with Gasteiger partial charge in [-0.05, 0) is 70.3 Å². The van der Waals surface area contributed by atoms with Crippen molar-refractivity contribution in [3.63, 3.8) is 0 Å². The van der Waals surface area contributed by atoms with E-state index in [1.54, 1.807) is 0 Å². The highest BCUT2D eigenvalue weighted by Gasteiger charge is 2.59.